The molecule has 41 heavy (non-hydrogen) atoms. The molecule has 0 fully saturated rings. The predicted molar refractivity (Wildman–Crippen MR) is 136 cm³/mol. The minimum atomic E-state index is -5.31. The van der Waals surface area contributed by atoms with E-state index in [1.165, 1.54) is 0 Å². The van der Waals surface area contributed by atoms with Crippen LogP contribution in [0.4, 0.5) is 11.4 Å². The molecule has 0 aliphatic heterocycles. The number of hydrogen-bond acceptors (Lipinski definition) is 13. The summed E-state index contributed by atoms with van der Waals surface area (Å²) in [5.41, 5.74) is -1.93. The van der Waals surface area contributed by atoms with Crippen LogP contribution >= 0.6 is 0 Å². The van der Waals surface area contributed by atoms with E-state index < -0.39 is 99.5 Å². The van der Waals surface area contributed by atoms with Crippen molar-refractivity contribution in [1.29, 1.82) is 0 Å². The Morgan fingerprint density at radius 1 is 0.512 bits per heavy atom. The van der Waals surface area contributed by atoms with E-state index in [0.717, 1.165) is 12.1 Å². The summed E-state index contributed by atoms with van der Waals surface area (Å²) in [6, 6.07) is 4.40. The van der Waals surface area contributed by atoms with Gasteiger partial charge in [-0.15, -0.1) is 10.2 Å². The van der Waals surface area contributed by atoms with Gasteiger partial charge in [0.1, 0.15) is 32.7 Å². The van der Waals surface area contributed by atoms with Crippen LogP contribution < -0.4 is 0 Å². The second-order valence-corrected chi connectivity index (χ2v) is 13.8. The smallest absolute Gasteiger partial charge is 0.296 e. The zero-order valence-corrected chi connectivity index (χ0v) is 22.7. The molecule has 0 radical (unpaired) electrons. The van der Waals surface area contributed by atoms with Gasteiger partial charge in [-0.1, -0.05) is 0 Å². The van der Waals surface area contributed by atoms with Crippen LogP contribution in [0.3, 0.4) is 0 Å². The molecule has 0 aliphatic carbocycles. The topological polar surface area (TPSA) is 303 Å². The van der Waals surface area contributed by atoms with Gasteiger partial charge >= 0.3 is 0 Å². The number of phenols is 3. The molecule has 0 heterocycles. The van der Waals surface area contributed by atoms with Gasteiger partial charge in [-0.3, -0.25) is 18.2 Å². The number of aromatic hydroxyl groups is 3. The van der Waals surface area contributed by atoms with Crippen LogP contribution in [0.25, 0.3) is 21.5 Å². The molecule has 0 saturated carbocycles. The van der Waals surface area contributed by atoms with Crippen molar-refractivity contribution in [1.82, 2.24) is 0 Å². The van der Waals surface area contributed by atoms with E-state index in [4.69, 9.17) is 0 Å². The molecule has 17 nitrogen and oxygen atoms in total. The average molecular weight is 651 g/mol. The Balaban J connectivity index is 2.05. The van der Waals surface area contributed by atoms with Gasteiger partial charge in [0, 0.05) is 17.5 Å². The summed E-state index contributed by atoms with van der Waals surface area (Å²) in [6.45, 7) is 0. The largest absolute Gasteiger partial charge is 0.507 e. The molecule has 0 amide bonds. The maximum Gasteiger partial charge on any atom is 0.296 e. The van der Waals surface area contributed by atoms with Crippen LogP contribution in [0.5, 0.6) is 17.2 Å². The van der Waals surface area contributed by atoms with Crippen molar-refractivity contribution in [2.45, 2.75) is 19.6 Å². The third-order valence-electron chi connectivity index (χ3n) is 5.50. The van der Waals surface area contributed by atoms with Crippen LogP contribution in [-0.2, 0) is 40.5 Å². The van der Waals surface area contributed by atoms with E-state index >= 15 is 0 Å². The summed E-state index contributed by atoms with van der Waals surface area (Å²) >= 11 is 0. The SMILES string of the molecule is O=S(=O)(O)c1cc(O)c2cc(N=Nc3c(S(=O)(=O)O)cc4cc(S(=O)(=O)O)cc(O)c4c3O)c(S(=O)(=O)O)cc2c1. The Hall–Kier alpha value is -3.96. The van der Waals surface area contributed by atoms with E-state index in [-0.39, 0.29) is 10.8 Å². The molecule has 218 valence electrons. The van der Waals surface area contributed by atoms with E-state index in [1.807, 2.05) is 0 Å². The van der Waals surface area contributed by atoms with E-state index in [9.17, 15) is 67.2 Å². The second-order valence-electron chi connectivity index (χ2n) is 8.20. The minimum Gasteiger partial charge on any atom is -0.507 e. The number of phenolic OH excluding ortho intramolecular Hbond substituents is 3. The first-order valence-corrected chi connectivity index (χ1v) is 16.0. The van der Waals surface area contributed by atoms with Crippen LogP contribution in [0.1, 0.15) is 0 Å². The highest BCUT2D eigenvalue weighted by molar-refractivity contribution is 7.86. The van der Waals surface area contributed by atoms with Gasteiger partial charge in [0.25, 0.3) is 40.5 Å². The fourth-order valence-corrected chi connectivity index (χ4v) is 6.12. The molecular weight excluding hydrogens is 636 g/mol. The fraction of sp³-hybridized carbons (Fsp3) is 0. The number of azo groups is 1. The van der Waals surface area contributed by atoms with Crippen molar-refractivity contribution in [2.75, 3.05) is 0 Å². The summed E-state index contributed by atoms with van der Waals surface area (Å²) in [5.74, 6) is -3.04. The van der Waals surface area contributed by atoms with Crippen molar-refractivity contribution >= 4 is 73.4 Å². The lowest BCUT2D eigenvalue weighted by atomic mass is 10.1. The molecular formula is C20H14N2O15S4. The molecule has 21 heteroatoms. The number of benzene rings is 4. The third-order valence-corrected chi connectivity index (χ3v) is 8.91. The quantitative estimate of drug-likeness (QED) is 0.116. The second kappa shape index (κ2) is 9.56. The summed E-state index contributed by atoms with van der Waals surface area (Å²) in [4.78, 5) is -4.06. The van der Waals surface area contributed by atoms with Crippen molar-refractivity contribution < 1.29 is 67.2 Å². The minimum absolute atomic E-state index is 0.299. The normalized spacial score (nSPS) is 13.4. The number of fused-ring (bicyclic) bond motifs is 2. The first-order chi connectivity index (χ1) is 18.6. The molecule has 0 unspecified atom stereocenters. The molecule has 0 saturated heterocycles. The number of nitrogens with zero attached hydrogens (tertiary/aromatic N) is 2. The summed E-state index contributed by atoms with van der Waals surface area (Å²) in [7, 11) is -20.3. The zero-order chi connectivity index (χ0) is 30.9. The highest BCUT2D eigenvalue weighted by Gasteiger charge is 2.26. The van der Waals surface area contributed by atoms with Gasteiger partial charge in [-0.2, -0.15) is 33.7 Å². The van der Waals surface area contributed by atoms with Gasteiger partial charge in [-0.05, 0) is 41.1 Å². The maximum absolute atomic E-state index is 12.1. The lowest BCUT2D eigenvalue weighted by Crippen LogP contribution is -2.01. The average Bonchev–Trinajstić information content (AvgIpc) is 2.80. The molecule has 0 atom stereocenters. The Bertz CT molecular complexity index is 2280. The molecule has 0 aliphatic rings. The molecule has 0 aromatic heterocycles. The number of rotatable bonds is 6. The lowest BCUT2D eigenvalue weighted by Gasteiger charge is -2.12. The first-order valence-electron chi connectivity index (χ1n) is 10.2. The maximum atomic E-state index is 12.1. The van der Waals surface area contributed by atoms with E-state index in [1.54, 1.807) is 0 Å². The van der Waals surface area contributed by atoms with Crippen LogP contribution in [0.15, 0.2) is 72.3 Å². The Labute approximate surface area is 229 Å². The van der Waals surface area contributed by atoms with Gasteiger partial charge in [0.2, 0.25) is 0 Å². The standard InChI is InChI=1S/C20H14N2O15S4/c23-14-5-10(38(26,27)28)1-8-3-16(40(32,33)34)13(7-12(8)14)21-22-19-17(41(35,36)37)4-9-2-11(39(29,30)31)6-15(24)18(9)20(19)25/h1-7,23-25H,(H,26,27,28)(H,29,30,31)(H,32,33,34)(H,35,36,37). The van der Waals surface area contributed by atoms with Crippen LogP contribution in [-0.4, -0.2) is 67.2 Å². The van der Waals surface area contributed by atoms with Crippen molar-refractivity contribution in [3.63, 3.8) is 0 Å². The third kappa shape index (κ3) is 5.77. The molecule has 7 N–H and O–H groups in total. The fourth-order valence-electron chi connectivity index (χ4n) is 3.75. The van der Waals surface area contributed by atoms with Crippen LogP contribution in [0, 0.1) is 0 Å². The van der Waals surface area contributed by atoms with Gasteiger partial charge in [0.05, 0.1) is 15.2 Å². The van der Waals surface area contributed by atoms with E-state index in [2.05, 4.69) is 10.2 Å². The zero-order valence-electron chi connectivity index (χ0n) is 19.5. The number of hydrogen-bond donors (Lipinski definition) is 7. The van der Waals surface area contributed by atoms with Crippen molar-refractivity contribution in [3.05, 3.63) is 42.5 Å². The van der Waals surface area contributed by atoms with Crippen molar-refractivity contribution in [3.8, 4) is 17.2 Å². The van der Waals surface area contributed by atoms with Gasteiger partial charge in [-0.25, -0.2) is 0 Å². The van der Waals surface area contributed by atoms with E-state index in [0.29, 0.717) is 30.3 Å². The Morgan fingerprint density at radius 2 is 1.00 bits per heavy atom. The van der Waals surface area contributed by atoms with Crippen LogP contribution in [0.2, 0.25) is 0 Å². The molecule has 4 rings (SSSR count). The van der Waals surface area contributed by atoms with Gasteiger partial charge < -0.3 is 15.3 Å². The lowest BCUT2D eigenvalue weighted by molar-refractivity contribution is 0.457. The highest BCUT2D eigenvalue weighted by atomic mass is 32.2. The molecule has 4 aromatic rings. The summed E-state index contributed by atoms with van der Waals surface area (Å²) in [5, 5.41) is 36.3. The predicted octanol–water partition coefficient (Wildman–Crippen LogP) is 2.51. The van der Waals surface area contributed by atoms with Crippen molar-refractivity contribution in [2.24, 2.45) is 10.2 Å². The summed E-state index contributed by atoms with van der Waals surface area (Å²) in [6.07, 6.45) is 0. The molecule has 0 spiro atoms. The first kappa shape index (κ1) is 30.0. The summed E-state index contributed by atoms with van der Waals surface area (Å²) < 4.78 is 132. The Kier molecular flexibility index (Phi) is 7.00. The molecule has 0 bridgehead atoms. The Morgan fingerprint density at radius 3 is 1.51 bits per heavy atom. The van der Waals surface area contributed by atoms with Gasteiger partial charge in [0.15, 0.2) is 5.75 Å². The highest BCUT2D eigenvalue weighted by Crippen LogP contribution is 2.46. The molecule has 4 aromatic carbocycles. The monoisotopic (exact) mass is 650 g/mol.